The second kappa shape index (κ2) is 8.24. The van der Waals surface area contributed by atoms with E-state index in [0.717, 1.165) is 23.5 Å². The topological polar surface area (TPSA) is 15.3 Å². The maximum absolute atomic E-state index is 4.19. The van der Waals surface area contributed by atoms with Gasteiger partial charge in [-0.2, -0.15) is 0 Å². The van der Waals surface area contributed by atoms with E-state index in [2.05, 4.69) is 101 Å². The van der Waals surface area contributed by atoms with Gasteiger partial charge in [0.1, 0.15) is 0 Å². The summed E-state index contributed by atoms with van der Waals surface area (Å²) >= 11 is 0. The highest BCUT2D eigenvalue weighted by Crippen LogP contribution is 2.37. The average Bonchev–Trinajstić information content (AvgIpc) is 2.60. The summed E-state index contributed by atoms with van der Waals surface area (Å²) in [5, 5.41) is 3.75. The number of nitrogens with zero attached hydrogens (tertiary/aromatic N) is 1. The highest BCUT2D eigenvalue weighted by Gasteiger charge is 2.16. The maximum Gasteiger partial charge on any atom is 0.0644 e. The Balaban J connectivity index is 2.52. The van der Waals surface area contributed by atoms with Crippen molar-refractivity contribution < 1.29 is 0 Å². The van der Waals surface area contributed by atoms with Gasteiger partial charge in [-0.05, 0) is 41.5 Å². The molecule has 0 unspecified atom stereocenters. The van der Waals surface area contributed by atoms with Gasteiger partial charge in [0.05, 0.1) is 11.4 Å². The zero-order valence-electron chi connectivity index (χ0n) is 16.6. The SMILES string of the molecule is C=C(CC)N(C)c1ccccc1Nc1c(C(C)C)cccc1C(C)C. The standard InChI is InChI=1S/C23H32N2/c1-8-18(6)25(7)22-15-10-9-14-21(22)24-23-19(16(2)3)12-11-13-20(23)17(4)5/h9-17,24H,6,8H2,1-5,7H3. The zero-order valence-corrected chi connectivity index (χ0v) is 16.6. The fraction of sp³-hybridized carbons (Fsp3) is 0.391. The fourth-order valence-electron chi connectivity index (χ4n) is 3.11. The zero-order chi connectivity index (χ0) is 18.6. The lowest BCUT2D eigenvalue weighted by Crippen LogP contribution is -2.16. The van der Waals surface area contributed by atoms with Crippen molar-refractivity contribution in [2.45, 2.75) is 52.9 Å². The minimum atomic E-state index is 0.469. The van der Waals surface area contributed by atoms with Crippen LogP contribution >= 0.6 is 0 Å². The normalized spacial score (nSPS) is 11.0. The lowest BCUT2D eigenvalue weighted by Gasteiger charge is -2.26. The summed E-state index contributed by atoms with van der Waals surface area (Å²) in [6, 6.07) is 15.1. The molecule has 2 rings (SSSR count). The molecule has 25 heavy (non-hydrogen) atoms. The predicted molar refractivity (Wildman–Crippen MR) is 112 cm³/mol. The highest BCUT2D eigenvalue weighted by molar-refractivity contribution is 5.79. The second-order valence-corrected chi connectivity index (χ2v) is 7.24. The van der Waals surface area contributed by atoms with Gasteiger partial charge in [0.15, 0.2) is 0 Å². The van der Waals surface area contributed by atoms with Crippen LogP contribution in [0.15, 0.2) is 54.7 Å². The molecule has 2 nitrogen and oxygen atoms in total. The third-order valence-corrected chi connectivity index (χ3v) is 4.78. The summed E-state index contributed by atoms with van der Waals surface area (Å²) < 4.78 is 0. The van der Waals surface area contributed by atoms with Gasteiger partial charge in [0.25, 0.3) is 0 Å². The molecule has 0 saturated heterocycles. The van der Waals surface area contributed by atoms with Crippen molar-refractivity contribution >= 4 is 17.1 Å². The number of hydrogen-bond acceptors (Lipinski definition) is 2. The molecule has 0 aliphatic carbocycles. The fourth-order valence-corrected chi connectivity index (χ4v) is 3.11. The molecule has 0 heterocycles. The van der Waals surface area contributed by atoms with Crippen molar-refractivity contribution in [2.24, 2.45) is 0 Å². The number of para-hydroxylation sites is 3. The van der Waals surface area contributed by atoms with Crippen LogP contribution in [0.1, 0.15) is 64.0 Å². The molecule has 0 saturated carbocycles. The molecular weight excluding hydrogens is 304 g/mol. The Morgan fingerprint density at radius 1 is 0.960 bits per heavy atom. The quantitative estimate of drug-likeness (QED) is 0.583. The van der Waals surface area contributed by atoms with Gasteiger partial charge in [-0.1, -0.05) is 71.5 Å². The monoisotopic (exact) mass is 336 g/mol. The van der Waals surface area contributed by atoms with Crippen molar-refractivity contribution in [3.8, 4) is 0 Å². The average molecular weight is 337 g/mol. The minimum absolute atomic E-state index is 0.469. The van der Waals surface area contributed by atoms with Gasteiger partial charge in [-0.3, -0.25) is 0 Å². The lowest BCUT2D eigenvalue weighted by atomic mass is 9.92. The molecule has 0 radical (unpaired) electrons. The molecule has 2 aromatic rings. The summed E-state index contributed by atoms with van der Waals surface area (Å²) in [4.78, 5) is 2.18. The van der Waals surface area contributed by atoms with Crippen LogP contribution in [0.25, 0.3) is 0 Å². The first-order chi connectivity index (χ1) is 11.9. The van der Waals surface area contributed by atoms with Crippen LogP contribution in [0.3, 0.4) is 0 Å². The number of benzene rings is 2. The van der Waals surface area contributed by atoms with E-state index < -0.39 is 0 Å². The summed E-state index contributed by atoms with van der Waals surface area (Å²) in [7, 11) is 2.09. The van der Waals surface area contributed by atoms with Crippen LogP contribution in [0.4, 0.5) is 17.1 Å². The molecule has 0 spiro atoms. The molecule has 2 aromatic carbocycles. The summed E-state index contributed by atoms with van der Waals surface area (Å²) in [5.41, 5.74) is 7.35. The molecule has 0 fully saturated rings. The Bertz CT molecular complexity index is 702. The van der Waals surface area contributed by atoms with E-state index in [1.807, 2.05) is 0 Å². The lowest BCUT2D eigenvalue weighted by molar-refractivity contribution is 0.838. The van der Waals surface area contributed by atoms with Crippen molar-refractivity contribution in [2.75, 3.05) is 17.3 Å². The van der Waals surface area contributed by atoms with E-state index in [0.29, 0.717) is 11.8 Å². The first-order valence-electron chi connectivity index (χ1n) is 9.27. The molecular formula is C23H32N2. The molecule has 0 bridgehead atoms. The van der Waals surface area contributed by atoms with Crippen molar-refractivity contribution in [3.05, 3.63) is 65.9 Å². The predicted octanol–water partition coefficient (Wildman–Crippen LogP) is 7.04. The van der Waals surface area contributed by atoms with Gasteiger partial charge in [-0.25, -0.2) is 0 Å². The van der Waals surface area contributed by atoms with E-state index in [1.165, 1.54) is 16.8 Å². The van der Waals surface area contributed by atoms with Gasteiger partial charge in [0.2, 0.25) is 0 Å². The van der Waals surface area contributed by atoms with E-state index in [-0.39, 0.29) is 0 Å². The van der Waals surface area contributed by atoms with Crippen LogP contribution in [-0.2, 0) is 0 Å². The van der Waals surface area contributed by atoms with Gasteiger partial charge >= 0.3 is 0 Å². The van der Waals surface area contributed by atoms with Crippen LogP contribution in [0, 0.1) is 0 Å². The number of allylic oxidation sites excluding steroid dienone is 1. The van der Waals surface area contributed by atoms with Crippen molar-refractivity contribution in [1.82, 2.24) is 0 Å². The first kappa shape index (κ1) is 19.1. The van der Waals surface area contributed by atoms with Crippen LogP contribution in [-0.4, -0.2) is 7.05 Å². The Morgan fingerprint density at radius 3 is 2.04 bits per heavy atom. The Labute approximate surface area is 153 Å². The van der Waals surface area contributed by atoms with Crippen molar-refractivity contribution in [1.29, 1.82) is 0 Å². The second-order valence-electron chi connectivity index (χ2n) is 7.24. The number of hydrogen-bond donors (Lipinski definition) is 1. The summed E-state index contributed by atoms with van der Waals surface area (Å²) in [6.45, 7) is 15.3. The maximum atomic E-state index is 4.19. The molecule has 0 aromatic heterocycles. The number of nitrogens with one attached hydrogen (secondary N) is 1. The summed E-state index contributed by atoms with van der Waals surface area (Å²) in [5.74, 6) is 0.938. The Kier molecular flexibility index (Phi) is 6.30. The molecule has 1 N–H and O–H groups in total. The molecule has 134 valence electrons. The van der Waals surface area contributed by atoms with Gasteiger partial charge in [-0.15, -0.1) is 0 Å². The van der Waals surface area contributed by atoms with E-state index >= 15 is 0 Å². The highest BCUT2D eigenvalue weighted by atomic mass is 15.1. The Hall–Kier alpha value is -2.22. The van der Waals surface area contributed by atoms with Crippen LogP contribution in [0.2, 0.25) is 0 Å². The Morgan fingerprint density at radius 2 is 1.52 bits per heavy atom. The van der Waals surface area contributed by atoms with Crippen molar-refractivity contribution in [3.63, 3.8) is 0 Å². The molecule has 0 atom stereocenters. The smallest absolute Gasteiger partial charge is 0.0644 e. The van der Waals surface area contributed by atoms with E-state index in [4.69, 9.17) is 0 Å². The molecule has 0 amide bonds. The number of anilines is 3. The third kappa shape index (κ3) is 4.25. The number of rotatable bonds is 7. The first-order valence-corrected chi connectivity index (χ1v) is 9.27. The summed E-state index contributed by atoms with van der Waals surface area (Å²) in [6.07, 6.45) is 0.935. The minimum Gasteiger partial charge on any atom is -0.353 e. The largest absolute Gasteiger partial charge is 0.353 e. The van der Waals surface area contributed by atoms with E-state index in [1.54, 1.807) is 0 Å². The molecule has 2 heteroatoms. The van der Waals surface area contributed by atoms with Gasteiger partial charge < -0.3 is 10.2 Å². The third-order valence-electron chi connectivity index (χ3n) is 4.78. The molecule has 0 aliphatic rings. The van der Waals surface area contributed by atoms with Gasteiger partial charge in [0, 0.05) is 18.4 Å². The van der Waals surface area contributed by atoms with Crippen LogP contribution < -0.4 is 10.2 Å². The van der Waals surface area contributed by atoms with E-state index in [9.17, 15) is 0 Å². The van der Waals surface area contributed by atoms with Crippen LogP contribution in [0.5, 0.6) is 0 Å². The molecule has 0 aliphatic heterocycles.